The van der Waals surface area contributed by atoms with Gasteiger partial charge in [0, 0.05) is 16.7 Å². The number of para-hydroxylation sites is 2. The summed E-state index contributed by atoms with van der Waals surface area (Å²) in [6.45, 7) is -0.502. The van der Waals surface area contributed by atoms with Gasteiger partial charge < -0.3 is 19.3 Å². The normalized spacial score (nSPS) is 11.2. The highest BCUT2D eigenvalue weighted by molar-refractivity contribution is 7.99. The van der Waals surface area contributed by atoms with Crippen LogP contribution in [0.1, 0.15) is 0 Å². The number of tetrazole rings is 1. The van der Waals surface area contributed by atoms with Gasteiger partial charge in [0.2, 0.25) is 11.6 Å². The molecule has 16 heteroatoms. The van der Waals surface area contributed by atoms with Crippen LogP contribution < -0.4 is 18.9 Å². The summed E-state index contributed by atoms with van der Waals surface area (Å²) in [6.07, 6.45) is 3.27. The summed E-state index contributed by atoms with van der Waals surface area (Å²) >= 11 is 1.28. The van der Waals surface area contributed by atoms with Crippen LogP contribution in [-0.2, 0) is 10.0 Å². The van der Waals surface area contributed by atoms with E-state index >= 15 is 0 Å². The second-order valence-corrected chi connectivity index (χ2v) is 10.8. The number of methoxy groups -OCH3 is 1. The monoisotopic (exact) mass is 608 g/mol. The zero-order valence-electron chi connectivity index (χ0n) is 22.3. The van der Waals surface area contributed by atoms with E-state index < -0.39 is 10.0 Å². The minimum Gasteiger partial charge on any atom is -0.493 e. The molecule has 5 aromatic rings. The van der Waals surface area contributed by atoms with Crippen molar-refractivity contribution in [1.29, 1.82) is 0 Å². The Labute approximate surface area is 244 Å². The first-order chi connectivity index (χ1) is 20.4. The first kappa shape index (κ1) is 28.7. The molecule has 42 heavy (non-hydrogen) atoms. The van der Waals surface area contributed by atoms with Gasteiger partial charge in [-0.05, 0) is 47.9 Å². The number of sulfonamides is 1. The van der Waals surface area contributed by atoms with E-state index in [1.807, 2.05) is 0 Å². The second-order valence-electron chi connectivity index (χ2n) is 8.28. The number of thioether (sulfide) groups is 1. The van der Waals surface area contributed by atoms with E-state index in [0.29, 0.717) is 21.9 Å². The molecule has 0 amide bonds. The largest absolute Gasteiger partial charge is 0.493 e. The Bertz CT molecular complexity index is 1790. The number of aromatic nitrogens is 7. The van der Waals surface area contributed by atoms with Crippen LogP contribution in [0.15, 0.2) is 76.7 Å². The Hall–Kier alpha value is -4.80. The van der Waals surface area contributed by atoms with E-state index in [1.165, 1.54) is 31.1 Å². The first-order valence-corrected chi connectivity index (χ1v) is 15.0. The number of ether oxygens (including phenoxy) is 3. The van der Waals surface area contributed by atoms with Crippen LogP contribution in [0.25, 0.3) is 22.9 Å². The zero-order chi connectivity index (χ0) is 29.5. The fourth-order valence-electron chi connectivity index (χ4n) is 3.76. The maximum atomic E-state index is 13.7. The SMILES string of the molecule is COc1ccccc1Oc1c(NS(=O)(=O)c2ccccc2SC)nc(-c2ccnc(-c3nn[nH]n3)c2)nc1OCCO. The molecular weight excluding hydrogens is 584 g/mol. The van der Waals surface area contributed by atoms with Crippen LogP contribution >= 0.6 is 11.8 Å². The quantitative estimate of drug-likeness (QED) is 0.175. The summed E-state index contributed by atoms with van der Waals surface area (Å²) in [4.78, 5) is 13.9. The summed E-state index contributed by atoms with van der Waals surface area (Å²) in [5.41, 5.74) is 0.806. The predicted octanol–water partition coefficient (Wildman–Crippen LogP) is 3.41. The van der Waals surface area contributed by atoms with E-state index in [-0.39, 0.29) is 53.0 Å². The Kier molecular flexibility index (Phi) is 8.75. The van der Waals surface area contributed by atoms with Crippen LogP contribution in [0.4, 0.5) is 5.82 Å². The highest BCUT2D eigenvalue weighted by Gasteiger charge is 2.27. The van der Waals surface area contributed by atoms with Gasteiger partial charge in [-0.15, -0.1) is 22.0 Å². The van der Waals surface area contributed by atoms with Gasteiger partial charge in [-0.25, -0.2) is 13.4 Å². The number of H-pyrrole nitrogens is 1. The molecule has 216 valence electrons. The maximum absolute atomic E-state index is 13.7. The van der Waals surface area contributed by atoms with Gasteiger partial charge in [0.1, 0.15) is 17.2 Å². The molecule has 0 aliphatic rings. The van der Waals surface area contributed by atoms with Crippen LogP contribution in [0.3, 0.4) is 0 Å². The molecule has 14 nitrogen and oxygen atoms in total. The van der Waals surface area contributed by atoms with Crippen molar-refractivity contribution in [2.24, 2.45) is 0 Å². The molecule has 0 atom stereocenters. The third-order valence-corrected chi connectivity index (χ3v) is 7.95. The number of hydrogen-bond acceptors (Lipinski definition) is 13. The van der Waals surface area contributed by atoms with Crippen LogP contribution in [0, 0.1) is 0 Å². The van der Waals surface area contributed by atoms with Crippen molar-refractivity contribution < 1.29 is 27.7 Å². The number of aliphatic hydroxyl groups is 1. The lowest BCUT2D eigenvalue weighted by Gasteiger charge is -2.18. The molecular formula is C26H24N8O6S2. The molecule has 0 fully saturated rings. The molecule has 2 aromatic carbocycles. The van der Waals surface area contributed by atoms with Crippen LogP contribution in [0.5, 0.6) is 23.1 Å². The minimum absolute atomic E-state index is 0.0436. The number of aromatic amines is 1. The van der Waals surface area contributed by atoms with Crippen molar-refractivity contribution in [3.63, 3.8) is 0 Å². The number of nitrogens with one attached hydrogen (secondary N) is 2. The number of anilines is 1. The van der Waals surface area contributed by atoms with Crippen molar-refractivity contribution >= 4 is 27.6 Å². The Balaban J connectivity index is 1.69. The fourth-order valence-corrected chi connectivity index (χ4v) is 5.92. The average molecular weight is 609 g/mol. The number of pyridine rings is 1. The molecule has 0 bridgehead atoms. The van der Waals surface area contributed by atoms with Gasteiger partial charge in [-0.3, -0.25) is 9.71 Å². The van der Waals surface area contributed by atoms with Crippen LogP contribution in [0.2, 0.25) is 0 Å². The lowest BCUT2D eigenvalue weighted by atomic mass is 10.2. The topological polar surface area (TPSA) is 187 Å². The molecule has 3 heterocycles. The van der Waals surface area contributed by atoms with Gasteiger partial charge in [-0.1, -0.05) is 24.3 Å². The number of nitrogens with zero attached hydrogens (tertiary/aromatic N) is 6. The fraction of sp³-hybridized carbons (Fsp3) is 0.154. The van der Waals surface area contributed by atoms with E-state index in [0.717, 1.165) is 0 Å². The van der Waals surface area contributed by atoms with Crippen molar-refractivity contribution in [3.05, 3.63) is 66.9 Å². The first-order valence-electron chi connectivity index (χ1n) is 12.3. The molecule has 0 aliphatic carbocycles. The second kappa shape index (κ2) is 12.8. The third-order valence-electron chi connectivity index (χ3n) is 5.63. The van der Waals surface area contributed by atoms with Crippen molar-refractivity contribution in [2.75, 3.05) is 31.3 Å². The number of benzene rings is 2. The van der Waals surface area contributed by atoms with Crippen LogP contribution in [-0.4, -0.2) is 75.7 Å². The van der Waals surface area contributed by atoms with E-state index in [4.69, 9.17) is 14.2 Å². The minimum atomic E-state index is -4.19. The number of rotatable bonds is 12. The molecule has 0 unspecified atom stereocenters. The summed E-state index contributed by atoms with van der Waals surface area (Å²) in [5, 5.41) is 23.3. The van der Waals surface area contributed by atoms with E-state index in [2.05, 4.69) is 40.3 Å². The lowest BCUT2D eigenvalue weighted by molar-refractivity contribution is 0.192. The van der Waals surface area contributed by atoms with Gasteiger partial charge in [-0.2, -0.15) is 10.2 Å². The van der Waals surface area contributed by atoms with Crippen molar-refractivity contribution in [1.82, 2.24) is 35.6 Å². The Morgan fingerprint density at radius 1 is 1.02 bits per heavy atom. The molecule has 0 aliphatic heterocycles. The lowest BCUT2D eigenvalue weighted by Crippen LogP contribution is -2.17. The molecule has 5 rings (SSSR count). The predicted molar refractivity (Wildman–Crippen MR) is 153 cm³/mol. The number of aliphatic hydroxyl groups excluding tert-OH is 1. The standard InChI is InChI=1S/C26H24N8O6S2/c1-38-18-7-3-4-8-19(18)40-22-25(32-42(36,37)21-10-6-5-9-20(21)41-2)28-23(29-26(22)39-14-13-35)16-11-12-27-17(15-16)24-30-33-34-31-24/h3-12,15,35H,13-14H2,1-2H3,(H,28,29,32)(H,30,31,33,34). The summed E-state index contributed by atoms with van der Waals surface area (Å²) in [7, 11) is -2.72. The molecule has 0 spiro atoms. The van der Waals surface area contributed by atoms with Crippen molar-refractivity contribution in [2.45, 2.75) is 9.79 Å². The van der Waals surface area contributed by atoms with E-state index in [1.54, 1.807) is 60.9 Å². The smallest absolute Gasteiger partial charge is 0.264 e. The van der Waals surface area contributed by atoms with E-state index in [9.17, 15) is 13.5 Å². The number of hydrogen-bond donors (Lipinski definition) is 3. The summed E-state index contributed by atoms with van der Waals surface area (Å²) in [6, 6.07) is 16.6. The van der Waals surface area contributed by atoms with Gasteiger partial charge in [0.25, 0.3) is 15.9 Å². The third kappa shape index (κ3) is 6.24. The highest BCUT2D eigenvalue weighted by atomic mass is 32.2. The Morgan fingerprint density at radius 2 is 1.81 bits per heavy atom. The molecule has 3 N–H and O–H groups in total. The Morgan fingerprint density at radius 3 is 2.55 bits per heavy atom. The zero-order valence-corrected chi connectivity index (χ0v) is 23.9. The van der Waals surface area contributed by atoms with Gasteiger partial charge >= 0.3 is 0 Å². The van der Waals surface area contributed by atoms with Gasteiger partial charge in [0.05, 0.1) is 13.7 Å². The van der Waals surface area contributed by atoms with Crippen molar-refractivity contribution in [3.8, 4) is 46.0 Å². The molecule has 0 radical (unpaired) electrons. The highest BCUT2D eigenvalue weighted by Crippen LogP contribution is 2.42. The summed E-state index contributed by atoms with van der Waals surface area (Å²) < 4.78 is 47.3. The summed E-state index contributed by atoms with van der Waals surface area (Å²) in [5.74, 6) is 0.432. The molecule has 0 saturated carbocycles. The average Bonchev–Trinajstić information content (AvgIpc) is 3.56. The molecule has 3 aromatic heterocycles. The molecule has 0 saturated heterocycles. The van der Waals surface area contributed by atoms with Gasteiger partial charge in [0.15, 0.2) is 23.1 Å². The maximum Gasteiger partial charge on any atom is 0.264 e.